The first-order valence-corrected chi connectivity index (χ1v) is 8.52. The molecule has 0 N–H and O–H groups in total. The van der Waals surface area contributed by atoms with Crippen LogP contribution in [0, 0.1) is 6.92 Å². The summed E-state index contributed by atoms with van der Waals surface area (Å²) in [5.74, 6) is 1.57. The van der Waals surface area contributed by atoms with Gasteiger partial charge in [-0.3, -0.25) is 0 Å². The molecule has 0 spiro atoms. The molecule has 1 aliphatic heterocycles. The maximum absolute atomic E-state index is 6.02. The summed E-state index contributed by atoms with van der Waals surface area (Å²) in [4.78, 5) is 1.99. The number of tetrazole rings is 1. The Morgan fingerprint density at radius 1 is 1.36 bits per heavy atom. The third-order valence-corrected chi connectivity index (χ3v) is 4.07. The molecule has 1 aromatic heterocycles. The molecule has 25 heavy (non-hydrogen) atoms. The van der Waals surface area contributed by atoms with Crippen molar-refractivity contribution >= 4 is 5.95 Å². The predicted molar refractivity (Wildman–Crippen MR) is 92.9 cm³/mol. The summed E-state index contributed by atoms with van der Waals surface area (Å²) in [7, 11) is 1.95. The van der Waals surface area contributed by atoms with Gasteiger partial charge < -0.3 is 19.1 Å². The van der Waals surface area contributed by atoms with Crippen molar-refractivity contribution in [3.8, 4) is 5.75 Å². The molecule has 2 heterocycles. The molecule has 0 saturated carbocycles. The fraction of sp³-hybridized carbons (Fsp3) is 0.588. The van der Waals surface area contributed by atoms with Crippen LogP contribution in [0.1, 0.15) is 12.5 Å². The Labute approximate surface area is 147 Å². The number of hydrogen-bond acceptors (Lipinski definition) is 7. The number of anilines is 1. The monoisotopic (exact) mass is 347 g/mol. The number of likely N-dealkylation sites (N-methyl/N-ethyl adjacent to an activating group) is 1. The van der Waals surface area contributed by atoms with Crippen molar-refractivity contribution in [3.05, 3.63) is 29.8 Å². The van der Waals surface area contributed by atoms with Crippen molar-refractivity contribution in [1.29, 1.82) is 0 Å². The van der Waals surface area contributed by atoms with Crippen LogP contribution < -0.4 is 9.64 Å². The molecule has 0 bridgehead atoms. The lowest BCUT2D eigenvalue weighted by atomic mass is 10.2. The summed E-state index contributed by atoms with van der Waals surface area (Å²) in [6, 6.07) is 7.97. The van der Waals surface area contributed by atoms with Crippen molar-refractivity contribution < 1.29 is 14.2 Å². The van der Waals surface area contributed by atoms with E-state index in [-0.39, 0.29) is 12.2 Å². The minimum atomic E-state index is -0.0639. The molecule has 3 rings (SSSR count). The highest BCUT2D eigenvalue weighted by molar-refractivity contribution is 5.32. The zero-order chi connectivity index (χ0) is 17.6. The highest BCUT2D eigenvalue weighted by Crippen LogP contribution is 2.19. The van der Waals surface area contributed by atoms with Gasteiger partial charge in [0.2, 0.25) is 5.95 Å². The van der Waals surface area contributed by atoms with Gasteiger partial charge >= 0.3 is 0 Å². The largest absolute Gasteiger partial charge is 0.489 e. The van der Waals surface area contributed by atoms with Crippen LogP contribution in [-0.2, 0) is 16.0 Å². The summed E-state index contributed by atoms with van der Waals surface area (Å²) in [6.07, 6.45) is -0.0319. The molecule has 2 atom stereocenters. The highest BCUT2D eigenvalue weighted by atomic mass is 16.6. The van der Waals surface area contributed by atoms with E-state index >= 15 is 0 Å². The Balaban J connectivity index is 1.59. The van der Waals surface area contributed by atoms with E-state index in [2.05, 4.69) is 15.5 Å². The lowest BCUT2D eigenvalue weighted by Gasteiger charge is -2.27. The summed E-state index contributed by atoms with van der Waals surface area (Å²) >= 11 is 0. The molecule has 1 saturated heterocycles. The molecule has 0 amide bonds. The lowest BCUT2D eigenvalue weighted by Crippen LogP contribution is -2.39. The number of benzene rings is 1. The van der Waals surface area contributed by atoms with Gasteiger partial charge in [0.05, 0.1) is 32.5 Å². The van der Waals surface area contributed by atoms with Gasteiger partial charge in [-0.25, -0.2) is 4.68 Å². The second kappa shape index (κ2) is 8.26. The predicted octanol–water partition coefficient (Wildman–Crippen LogP) is 1.30. The van der Waals surface area contributed by atoms with Crippen LogP contribution in [0.4, 0.5) is 5.95 Å². The minimum absolute atomic E-state index is 0.0320. The zero-order valence-corrected chi connectivity index (χ0v) is 15.0. The minimum Gasteiger partial charge on any atom is -0.489 e. The second-order valence-corrected chi connectivity index (χ2v) is 6.30. The first kappa shape index (κ1) is 17.6. The van der Waals surface area contributed by atoms with Crippen molar-refractivity contribution in [2.75, 3.05) is 38.3 Å². The third-order valence-electron chi connectivity index (χ3n) is 4.07. The first-order valence-electron chi connectivity index (χ1n) is 8.52. The topological polar surface area (TPSA) is 74.5 Å². The van der Waals surface area contributed by atoms with Crippen molar-refractivity contribution in [1.82, 2.24) is 20.2 Å². The molecule has 1 aromatic carbocycles. The number of rotatable bonds is 7. The molecular formula is C17H25N5O3. The Morgan fingerprint density at radius 3 is 2.96 bits per heavy atom. The van der Waals surface area contributed by atoms with Crippen LogP contribution >= 0.6 is 0 Å². The van der Waals surface area contributed by atoms with Crippen LogP contribution in [0.15, 0.2) is 24.3 Å². The average Bonchev–Trinajstić information content (AvgIpc) is 3.06. The van der Waals surface area contributed by atoms with Gasteiger partial charge in [-0.1, -0.05) is 23.3 Å². The lowest BCUT2D eigenvalue weighted by molar-refractivity contribution is -0.0838. The van der Waals surface area contributed by atoms with E-state index < -0.39 is 0 Å². The smallest absolute Gasteiger partial charge is 0.245 e. The molecule has 136 valence electrons. The number of aryl methyl sites for hydroxylation is 1. The van der Waals surface area contributed by atoms with Gasteiger partial charge in [0, 0.05) is 13.6 Å². The molecule has 0 radical (unpaired) electrons. The standard InChI is InChI=1S/C17H25N5O3/c1-13-6-4-5-7-16(13)25-14(2)10-22-17(18-19-20-22)21(3)11-15-12-23-8-9-24-15/h4-7,14-15H,8-12H2,1-3H3. The van der Waals surface area contributed by atoms with E-state index in [0.717, 1.165) is 11.3 Å². The van der Waals surface area contributed by atoms with Crippen molar-refractivity contribution in [2.24, 2.45) is 0 Å². The number of ether oxygens (including phenoxy) is 3. The number of hydrogen-bond donors (Lipinski definition) is 0. The van der Waals surface area contributed by atoms with Gasteiger partial charge in [0.25, 0.3) is 0 Å². The maximum Gasteiger partial charge on any atom is 0.245 e. The van der Waals surface area contributed by atoms with Crippen LogP contribution in [0.5, 0.6) is 5.75 Å². The Bertz CT molecular complexity index is 672. The summed E-state index contributed by atoms with van der Waals surface area (Å²) < 4.78 is 18.9. The Morgan fingerprint density at radius 2 is 2.20 bits per heavy atom. The van der Waals surface area contributed by atoms with E-state index in [1.807, 2.05) is 50.1 Å². The SMILES string of the molecule is Cc1ccccc1OC(C)Cn1nnnc1N(C)CC1COCCO1. The summed E-state index contributed by atoms with van der Waals surface area (Å²) in [6.45, 7) is 7.16. The fourth-order valence-corrected chi connectivity index (χ4v) is 2.81. The van der Waals surface area contributed by atoms with Gasteiger partial charge in [-0.2, -0.15) is 0 Å². The molecule has 2 aromatic rings. The number of para-hydroxylation sites is 1. The van der Waals surface area contributed by atoms with Crippen LogP contribution in [0.25, 0.3) is 0 Å². The Kier molecular flexibility index (Phi) is 5.83. The van der Waals surface area contributed by atoms with Crippen LogP contribution in [0.3, 0.4) is 0 Å². The molecule has 2 unspecified atom stereocenters. The summed E-state index contributed by atoms with van der Waals surface area (Å²) in [5, 5.41) is 12.0. The van der Waals surface area contributed by atoms with Gasteiger partial charge in [-0.05, 0) is 35.9 Å². The molecular weight excluding hydrogens is 322 g/mol. The van der Waals surface area contributed by atoms with Crippen molar-refractivity contribution in [3.63, 3.8) is 0 Å². The van der Waals surface area contributed by atoms with E-state index in [1.165, 1.54) is 0 Å². The van der Waals surface area contributed by atoms with Crippen molar-refractivity contribution in [2.45, 2.75) is 32.6 Å². The number of nitrogens with zero attached hydrogens (tertiary/aromatic N) is 5. The number of aromatic nitrogens is 4. The van der Waals surface area contributed by atoms with E-state index in [9.17, 15) is 0 Å². The van der Waals surface area contributed by atoms with Gasteiger partial charge in [0.1, 0.15) is 11.9 Å². The van der Waals surface area contributed by atoms with E-state index in [1.54, 1.807) is 4.68 Å². The van der Waals surface area contributed by atoms with E-state index in [4.69, 9.17) is 14.2 Å². The quantitative estimate of drug-likeness (QED) is 0.747. The average molecular weight is 347 g/mol. The van der Waals surface area contributed by atoms with Gasteiger partial charge in [-0.15, -0.1) is 0 Å². The Hall–Kier alpha value is -2.19. The highest BCUT2D eigenvalue weighted by Gasteiger charge is 2.21. The normalized spacial score (nSPS) is 18.8. The van der Waals surface area contributed by atoms with E-state index in [0.29, 0.717) is 38.9 Å². The molecule has 0 aliphatic carbocycles. The zero-order valence-electron chi connectivity index (χ0n) is 15.0. The molecule has 8 heteroatoms. The van der Waals surface area contributed by atoms with Crippen LogP contribution in [-0.4, -0.2) is 65.8 Å². The molecule has 8 nitrogen and oxygen atoms in total. The molecule has 1 fully saturated rings. The fourth-order valence-electron chi connectivity index (χ4n) is 2.81. The first-order chi connectivity index (χ1) is 12.1. The molecule has 1 aliphatic rings. The second-order valence-electron chi connectivity index (χ2n) is 6.30. The van der Waals surface area contributed by atoms with Crippen LogP contribution in [0.2, 0.25) is 0 Å². The van der Waals surface area contributed by atoms with Gasteiger partial charge in [0.15, 0.2) is 0 Å². The maximum atomic E-state index is 6.02. The summed E-state index contributed by atoms with van der Waals surface area (Å²) in [5.41, 5.74) is 1.11. The third kappa shape index (κ3) is 4.67.